The predicted molar refractivity (Wildman–Crippen MR) is 114 cm³/mol. The molecule has 1 aliphatic heterocycles. The molecular formula is C20H34N4OS. The Morgan fingerprint density at radius 1 is 1.15 bits per heavy atom. The summed E-state index contributed by atoms with van der Waals surface area (Å²) in [5.41, 5.74) is 2.59. The maximum absolute atomic E-state index is 5.62. The van der Waals surface area contributed by atoms with Crippen LogP contribution in [0.2, 0.25) is 0 Å². The molecule has 26 heavy (non-hydrogen) atoms. The monoisotopic (exact) mass is 378 g/mol. The molecule has 1 fully saturated rings. The van der Waals surface area contributed by atoms with E-state index in [2.05, 4.69) is 58.6 Å². The van der Waals surface area contributed by atoms with Crippen molar-refractivity contribution in [1.82, 2.24) is 10.6 Å². The lowest BCUT2D eigenvalue weighted by molar-refractivity contribution is 0.128. The Balaban J connectivity index is 1.66. The Morgan fingerprint density at radius 3 is 2.54 bits per heavy atom. The molecule has 0 aromatic heterocycles. The van der Waals surface area contributed by atoms with Gasteiger partial charge in [-0.05, 0) is 30.0 Å². The van der Waals surface area contributed by atoms with Gasteiger partial charge < -0.3 is 20.3 Å². The third kappa shape index (κ3) is 7.87. The summed E-state index contributed by atoms with van der Waals surface area (Å²) < 4.78 is 5.62. The van der Waals surface area contributed by atoms with Crippen molar-refractivity contribution in [3.63, 3.8) is 0 Å². The average Bonchev–Trinajstić information content (AvgIpc) is 2.67. The summed E-state index contributed by atoms with van der Waals surface area (Å²) in [6.45, 7) is 9.80. The molecule has 0 aliphatic carbocycles. The molecule has 1 aromatic carbocycles. The third-order valence-corrected chi connectivity index (χ3v) is 5.32. The van der Waals surface area contributed by atoms with Gasteiger partial charge in [-0.3, -0.25) is 4.99 Å². The predicted octanol–water partition coefficient (Wildman–Crippen LogP) is 2.97. The van der Waals surface area contributed by atoms with Crippen LogP contribution in [0.4, 0.5) is 5.69 Å². The van der Waals surface area contributed by atoms with Crippen molar-refractivity contribution in [3.8, 4) is 0 Å². The van der Waals surface area contributed by atoms with Crippen LogP contribution in [-0.2, 0) is 11.3 Å². The highest BCUT2D eigenvalue weighted by molar-refractivity contribution is 7.99. The molecule has 1 heterocycles. The number of rotatable bonds is 9. The first-order valence-electron chi connectivity index (χ1n) is 9.63. The molecule has 2 N–H and O–H groups in total. The Morgan fingerprint density at radius 2 is 1.88 bits per heavy atom. The van der Waals surface area contributed by atoms with Gasteiger partial charge in [0.2, 0.25) is 0 Å². The fourth-order valence-corrected chi connectivity index (χ4v) is 3.62. The summed E-state index contributed by atoms with van der Waals surface area (Å²) in [5.74, 6) is 3.96. The highest BCUT2D eigenvalue weighted by Crippen LogP contribution is 2.19. The van der Waals surface area contributed by atoms with E-state index in [4.69, 9.17) is 4.74 Å². The van der Waals surface area contributed by atoms with Crippen molar-refractivity contribution >= 4 is 23.4 Å². The summed E-state index contributed by atoms with van der Waals surface area (Å²) >= 11 is 2.04. The molecule has 0 amide bonds. The average molecular weight is 379 g/mol. The Kier molecular flexibility index (Phi) is 9.71. The van der Waals surface area contributed by atoms with Crippen LogP contribution in [0.3, 0.4) is 0 Å². The number of nitrogens with zero attached hydrogens (tertiary/aromatic N) is 2. The maximum Gasteiger partial charge on any atom is 0.191 e. The van der Waals surface area contributed by atoms with E-state index < -0.39 is 0 Å². The first kappa shape index (κ1) is 20.9. The number of guanidine groups is 1. The van der Waals surface area contributed by atoms with E-state index in [0.29, 0.717) is 12.5 Å². The lowest BCUT2D eigenvalue weighted by Gasteiger charge is -2.28. The minimum atomic E-state index is 0.692. The molecule has 1 saturated heterocycles. The lowest BCUT2D eigenvalue weighted by atomic mass is 10.1. The SMILES string of the molecule is CN=C(NCCOCCC(C)C)NCc1ccc(N2CCSCC2)cc1. The van der Waals surface area contributed by atoms with E-state index in [1.165, 1.54) is 22.8 Å². The molecule has 1 aliphatic rings. The Hall–Kier alpha value is -1.40. The lowest BCUT2D eigenvalue weighted by Crippen LogP contribution is -2.38. The zero-order valence-electron chi connectivity index (χ0n) is 16.5. The van der Waals surface area contributed by atoms with Gasteiger partial charge in [-0.15, -0.1) is 0 Å². The number of anilines is 1. The van der Waals surface area contributed by atoms with Crippen LogP contribution in [-0.4, -0.2) is 57.4 Å². The summed E-state index contributed by atoms with van der Waals surface area (Å²) in [7, 11) is 1.80. The molecule has 0 atom stereocenters. The number of hydrogen-bond donors (Lipinski definition) is 2. The van der Waals surface area contributed by atoms with Gasteiger partial charge in [0.25, 0.3) is 0 Å². The normalized spacial score (nSPS) is 15.4. The minimum absolute atomic E-state index is 0.692. The van der Waals surface area contributed by atoms with E-state index in [1.807, 2.05) is 11.8 Å². The maximum atomic E-state index is 5.62. The third-order valence-electron chi connectivity index (χ3n) is 4.37. The molecule has 5 nitrogen and oxygen atoms in total. The van der Waals surface area contributed by atoms with Crippen molar-refractivity contribution in [3.05, 3.63) is 29.8 Å². The van der Waals surface area contributed by atoms with Gasteiger partial charge in [0.15, 0.2) is 5.96 Å². The first-order chi connectivity index (χ1) is 12.7. The van der Waals surface area contributed by atoms with Crippen LogP contribution in [0.1, 0.15) is 25.8 Å². The summed E-state index contributed by atoms with van der Waals surface area (Å²) in [6, 6.07) is 8.86. The van der Waals surface area contributed by atoms with Crippen LogP contribution in [0.5, 0.6) is 0 Å². The van der Waals surface area contributed by atoms with Gasteiger partial charge in [0.1, 0.15) is 0 Å². The molecule has 0 spiro atoms. The molecule has 146 valence electrons. The van der Waals surface area contributed by atoms with E-state index in [-0.39, 0.29) is 0 Å². The van der Waals surface area contributed by atoms with Crippen LogP contribution in [0, 0.1) is 5.92 Å². The smallest absolute Gasteiger partial charge is 0.191 e. The van der Waals surface area contributed by atoms with E-state index in [9.17, 15) is 0 Å². The van der Waals surface area contributed by atoms with Crippen molar-refractivity contribution in [2.45, 2.75) is 26.8 Å². The van der Waals surface area contributed by atoms with Crippen molar-refractivity contribution in [1.29, 1.82) is 0 Å². The number of ether oxygens (including phenoxy) is 1. The van der Waals surface area contributed by atoms with Crippen LogP contribution in [0.25, 0.3) is 0 Å². The zero-order valence-corrected chi connectivity index (χ0v) is 17.3. The van der Waals surface area contributed by atoms with Crippen LogP contribution in [0.15, 0.2) is 29.3 Å². The van der Waals surface area contributed by atoms with Crippen molar-refractivity contribution in [2.75, 3.05) is 56.3 Å². The van der Waals surface area contributed by atoms with Crippen molar-refractivity contribution in [2.24, 2.45) is 10.9 Å². The number of hydrogen-bond acceptors (Lipinski definition) is 4. The summed E-state index contributed by atoms with van der Waals surface area (Å²) in [5, 5.41) is 6.65. The van der Waals surface area contributed by atoms with Gasteiger partial charge in [0, 0.05) is 57.0 Å². The zero-order chi connectivity index (χ0) is 18.6. The molecule has 0 unspecified atom stereocenters. The molecular weight excluding hydrogens is 344 g/mol. The van der Waals surface area contributed by atoms with Gasteiger partial charge in [-0.25, -0.2) is 0 Å². The van der Waals surface area contributed by atoms with Crippen molar-refractivity contribution < 1.29 is 4.74 Å². The van der Waals surface area contributed by atoms with Crippen LogP contribution < -0.4 is 15.5 Å². The largest absolute Gasteiger partial charge is 0.380 e. The molecule has 0 radical (unpaired) electrons. The molecule has 0 bridgehead atoms. The highest BCUT2D eigenvalue weighted by atomic mass is 32.2. The number of thioether (sulfide) groups is 1. The molecule has 0 saturated carbocycles. The fourth-order valence-electron chi connectivity index (χ4n) is 2.72. The number of aliphatic imine (C=N–C) groups is 1. The molecule has 1 aromatic rings. The van der Waals surface area contributed by atoms with Crippen LogP contribution >= 0.6 is 11.8 Å². The topological polar surface area (TPSA) is 48.9 Å². The molecule has 2 rings (SSSR count). The second-order valence-corrected chi connectivity index (χ2v) is 8.14. The summed E-state index contributed by atoms with van der Waals surface area (Å²) in [4.78, 5) is 6.73. The van der Waals surface area contributed by atoms with Gasteiger partial charge in [0.05, 0.1) is 6.61 Å². The van der Waals surface area contributed by atoms with E-state index in [1.54, 1.807) is 7.05 Å². The van der Waals surface area contributed by atoms with Gasteiger partial charge >= 0.3 is 0 Å². The molecule has 6 heteroatoms. The number of nitrogens with one attached hydrogen (secondary N) is 2. The Bertz CT molecular complexity index is 527. The fraction of sp³-hybridized carbons (Fsp3) is 0.650. The number of benzene rings is 1. The second-order valence-electron chi connectivity index (χ2n) is 6.91. The van der Waals surface area contributed by atoms with Gasteiger partial charge in [-0.2, -0.15) is 11.8 Å². The summed E-state index contributed by atoms with van der Waals surface area (Å²) in [6.07, 6.45) is 1.11. The first-order valence-corrected chi connectivity index (χ1v) is 10.8. The van der Waals surface area contributed by atoms with E-state index in [0.717, 1.165) is 45.2 Å². The Labute approximate surface area is 163 Å². The second kappa shape index (κ2) is 12.1. The minimum Gasteiger partial charge on any atom is -0.380 e. The quantitative estimate of drug-likeness (QED) is 0.393. The standard InChI is InChI=1S/C20H34N4OS/c1-17(2)8-12-25-13-9-22-20(21-3)23-16-18-4-6-19(7-5-18)24-10-14-26-15-11-24/h4-7,17H,8-16H2,1-3H3,(H2,21,22,23). The van der Waals surface area contributed by atoms with Gasteiger partial charge in [-0.1, -0.05) is 26.0 Å². The van der Waals surface area contributed by atoms with E-state index >= 15 is 0 Å². The highest BCUT2D eigenvalue weighted by Gasteiger charge is 2.10.